The fourth-order valence-electron chi connectivity index (χ4n) is 5.03. The molecule has 238 valence electrons. The number of ether oxygens (including phenoxy) is 5. The molecule has 20 heteroatoms. The van der Waals surface area contributed by atoms with E-state index in [1.54, 1.807) is 6.20 Å². The Balaban J connectivity index is 1.29. The Morgan fingerprint density at radius 2 is 2.02 bits per heavy atom. The lowest BCUT2D eigenvalue weighted by atomic mass is 10.2. The van der Waals surface area contributed by atoms with E-state index >= 15 is 0 Å². The number of halogens is 1. The number of H-pyrrole nitrogens is 1. The minimum absolute atomic E-state index is 0.0363. The first-order valence-electron chi connectivity index (χ1n) is 13.8. The summed E-state index contributed by atoms with van der Waals surface area (Å²) < 4.78 is 42.1. The molecule has 1 saturated heterocycles. The number of aromatic amines is 1. The van der Waals surface area contributed by atoms with Crippen molar-refractivity contribution < 1.29 is 43.1 Å². The van der Waals surface area contributed by atoms with E-state index in [1.165, 1.54) is 11.8 Å². The Bertz CT molecular complexity index is 1370. The maximum Gasteiger partial charge on any atom is 0.361 e. The fourth-order valence-corrected chi connectivity index (χ4v) is 5.96. The molecule has 3 aromatic rings. The molecule has 0 spiro atoms. The van der Waals surface area contributed by atoms with Crippen molar-refractivity contribution in [3.63, 3.8) is 0 Å². The van der Waals surface area contributed by atoms with E-state index in [2.05, 4.69) is 41.0 Å². The van der Waals surface area contributed by atoms with E-state index < -0.39 is 51.2 Å². The second kappa shape index (κ2) is 14.2. The van der Waals surface area contributed by atoms with Crippen molar-refractivity contribution in [2.24, 2.45) is 0 Å². The zero-order chi connectivity index (χ0) is 30.5. The number of aliphatic hydroxyl groups excluding tert-OH is 1. The Labute approximate surface area is 250 Å². The van der Waals surface area contributed by atoms with Crippen LogP contribution >= 0.6 is 19.2 Å². The number of aromatic nitrogens is 8. The number of hydrogen-bond donors (Lipinski definition) is 5. The molecule has 4 heterocycles. The Hall–Kier alpha value is -2.38. The molecule has 5 N–H and O–H groups in total. The molecule has 3 aromatic heterocycles. The molecule has 18 nitrogen and oxygen atoms in total. The van der Waals surface area contributed by atoms with Crippen LogP contribution in [0, 0.1) is 0 Å². The zero-order valence-corrected chi connectivity index (χ0v) is 25.1. The number of nitrogens with zero attached hydrogens (tertiary/aromatic N) is 7. The topological polar surface area (TPSA) is 234 Å². The van der Waals surface area contributed by atoms with Gasteiger partial charge in [-0.25, -0.2) is 9.78 Å². The molecule has 4 atom stereocenters. The van der Waals surface area contributed by atoms with Crippen molar-refractivity contribution in [2.45, 2.75) is 68.5 Å². The predicted octanol–water partition coefficient (Wildman–Crippen LogP) is 0.766. The van der Waals surface area contributed by atoms with Gasteiger partial charge >= 0.3 is 7.60 Å². The highest BCUT2D eigenvalue weighted by molar-refractivity contribution is 7.53. The summed E-state index contributed by atoms with van der Waals surface area (Å²) in [5, 5.41) is 30.3. The SMILES string of the molecule is COCCOCC(COCc1nnn[nH]1)(OC[C@H]1O[C@@H](n2ncc3c(NC4CCCC4)nc(Cl)nc32)C[C@@H]1O)P(=O)(O)O. The van der Waals surface area contributed by atoms with Gasteiger partial charge in [0.25, 0.3) is 0 Å². The van der Waals surface area contributed by atoms with E-state index in [0.717, 1.165) is 25.7 Å². The van der Waals surface area contributed by atoms with E-state index in [1.807, 2.05) is 0 Å². The third-order valence-corrected chi connectivity index (χ3v) is 8.98. The maximum atomic E-state index is 12.8. The number of methoxy groups -OCH3 is 1. The van der Waals surface area contributed by atoms with Crippen LogP contribution in [0.25, 0.3) is 11.0 Å². The molecule has 1 unspecified atom stereocenters. The van der Waals surface area contributed by atoms with Gasteiger partial charge in [0.15, 0.2) is 17.7 Å². The lowest BCUT2D eigenvalue weighted by molar-refractivity contribution is -0.140. The number of rotatable bonds is 16. The molecule has 0 amide bonds. The van der Waals surface area contributed by atoms with Gasteiger partial charge in [0, 0.05) is 19.6 Å². The first-order valence-corrected chi connectivity index (χ1v) is 15.8. The second-order valence-corrected chi connectivity index (χ2v) is 12.7. The van der Waals surface area contributed by atoms with E-state index in [-0.39, 0.29) is 43.4 Å². The lowest BCUT2D eigenvalue weighted by Gasteiger charge is -2.34. The monoisotopic (exact) mass is 647 g/mol. The quantitative estimate of drug-likeness (QED) is 0.0820. The number of anilines is 1. The zero-order valence-electron chi connectivity index (χ0n) is 23.4. The van der Waals surface area contributed by atoms with Gasteiger partial charge in [-0.05, 0) is 34.9 Å². The van der Waals surface area contributed by atoms with E-state index in [9.17, 15) is 19.5 Å². The van der Waals surface area contributed by atoms with Crippen LogP contribution in [-0.2, 0) is 34.9 Å². The molecule has 1 aliphatic carbocycles. The second-order valence-electron chi connectivity index (χ2n) is 10.4. The summed E-state index contributed by atoms with van der Waals surface area (Å²) in [7, 11) is -3.56. The average molecular weight is 648 g/mol. The highest BCUT2D eigenvalue weighted by Crippen LogP contribution is 2.52. The first-order chi connectivity index (χ1) is 20.7. The van der Waals surface area contributed by atoms with Crippen LogP contribution < -0.4 is 5.32 Å². The molecule has 43 heavy (non-hydrogen) atoms. The highest BCUT2D eigenvalue weighted by atomic mass is 35.5. The maximum absolute atomic E-state index is 12.8. The van der Waals surface area contributed by atoms with E-state index in [4.69, 9.17) is 35.3 Å². The summed E-state index contributed by atoms with van der Waals surface area (Å²) in [5.74, 6) is 0.821. The highest BCUT2D eigenvalue weighted by Gasteiger charge is 2.51. The number of aliphatic hydroxyl groups is 1. The largest absolute Gasteiger partial charge is 0.390 e. The van der Waals surface area contributed by atoms with Gasteiger partial charge in [-0.3, -0.25) is 4.57 Å². The third-order valence-electron chi connectivity index (χ3n) is 7.36. The van der Waals surface area contributed by atoms with Crippen LogP contribution in [0.4, 0.5) is 5.82 Å². The summed E-state index contributed by atoms with van der Waals surface area (Å²) in [4.78, 5) is 29.4. The van der Waals surface area contributed by atoms with E-state index in [0.29, 0.717) is 16.9 Å². The molecule has 2 aliphatic rings. The number of fused-ring (bicyclic) bond motifs is 1. The van der Waals surface area contributed by atoms with Gasteiger partial charge in [0.2, 0.25) is 10.6 Å². The van der Waals surface area contributed by atoms with Gasteiger partial charge in [-0.15, -0.1) is 5.10 Å². The Morgan fingerprint density at radius 3 is 2.74 bits per heavy atom. The third kappa shape index (κ3) is 7.65. The molecule has 0 bridgehead atoms. The number of hydrogen-bond acceptors (Lipinski definition) is 14. The Kier molecular flexibility index (Phi) is 10.5. The minimum atomic E-state index is -5.03. The summed E-state index contributed by atoms with van der Waals surface area (Å²) in [6.07, 6.45) is 3.29. The summed E-state index contributed by atoms with van der Waals surface area (Å²) in [6, 6.07) is 0.285. The van der Waals surface area contributed by atoms with Crippen LogP contribution in [0.1, 0.15) is 44.2 Å². The van der Waals surface area contributed by atoms with Crippen molar-refractivity contribution in [3.8, 4) is 0 Å². The van der Waals surface area contributed by atoms with Gasteiger partial charge in [-0.1, -0.05) is 12.8 Å². The molecule has 0 radical (unpaired) electrons. The first kappa shape index (κ1) is 32.0. The molecule has 1 saturated carbocycles. The van der Waals surface area contributed by atoms with Gasteiger partial charge < -0.3 is 43.9 Å². The van der Waals surface area contributed by atoms with Crippen LogP contribution in [0.2, 0.25) is 5.28 Å². The van der Waals surface area contributed by atoms with Crippen molar-refractivity contribution in [3.05, 3.63) is 17.3 Å². The molecule has 0 aromatic carbocycles. The smallest absolute Gasteiger partial charge is 0.361 e. The molecule has 5 rings (SSSR count). The molecule has 1 aliphatic heterocycles. The van der Waals surface area contributed by atoms with Gasteiger partial charge in [-0.2, -0.15) is 15.1 Å². The number of nitrogens with one attached hydrogen (secondary N) is 2. The van der Waals surface area contributed by atoms with Crippen molar-refractivity contribution >= 4 is 36.0 Å². The average Bonchev–Trinajstić information content (AvgIpc) is 3.77. The summed E-state index contributed by atoms with van der Waals surface area (Å²) >= 11 is 6.25. The van der Waals surface area contributed by atoms with Crippen molar-refractivity contribution in [1.29, 1.82) is 0 Å². The predicted molar refractivity (Wildman–Crippen MR) is 148 cm³/mol. The van der Waals surface area contributed by atoms with Crippen LogP contribution in [-0.4, -0.2) is 119 Å². The minimum Gasteiger partial charge on any atom is -0.390 e. The van der Waals surface area contributed by atoms with Gasteiger partial charge in [0.1, 0.15) is 18.5 Å². The lowest BCUT2D eigenvalue weighted by Crippen LogP contribution is -2.45. The molecule has 2 fully saturated rings. The standard InChI is InChI=1S/C23H35ClN9O9P/c1-38-6-7-39-12-23(43(35,36)37,13-40-11-18-29-31-32-30-18)41-10-17-16(34)8-19(42-17)33-21-15(9-25-33)20(27-22(24)28-21)26-14-4-2-3-5-14/h9,14,16-17,19,34H,2-8,10-13H2,1H3,(H,26,27,28)(H2,35,36,37)(H,29,30,31,32)/t16-,17+,19+,23?/m0/s1. The van der Waals surface area contributed by atoms with Gasteiger partial charge in [0.05, 0.1) is 50.7 Å². The summed E-state index contributed by atoms with van der Waals surface area (Å²) in [6.45, 7) is -1.43. The van der Waals surface area contributed by atoms with Crippen LogP contribution in [0.15, 0.2) is 6.20 Å². The van der Waals surface area contributed by atoms with Crippen molar-refractivity contribution in [1.82, 2.24) is 40.4 Å². The van der Waals surface area contributed by atoms with Crippen LogP contribution in [0.5, 0.6) is 0 Å². The van der Waals surface area contributed by atoms with Crippen molar-refractivity contribution in [2.75, 3.05) is 45.5 Å². The molecular weight excluding hydrogens is 613 g/mol. The van der Waals surface area contributed by atoms with Crippen LogP contribution in [0.3, 0.4) is 0 Å². The normalized spacial score (nSPS) is 22.9. The summed E-state index contributed by atoms with van der Waals surface area (Å²) in [5.41, 5.74) is 0.422. The molecular formula is C23H35ClN9O9P. The Morgan fingerprint density at radius 1 is 1.23 bits per heavy atom. The number of tetrazole rings is 1. The fraction of sp³-hybridized carbons (Fsp3) is 0.739.